The summed E-state index contributed by atoms with van der Waals surface area (Å²) in [5.41, 5.74) is 3.58. The molecule has 1 heterocycles. The minimum absolute atomic E-state index is 0.237. The van der Waals surface area contributed by atoms with E-state index in [-0.39, 0.29) is 11.7 Å². The Bertz CT molecular complexity index is 862. The first-order valence-electron chi connectivity index (χ1n) is 7.89. The topological polar surface area (TPSA) is 83.6 Å². The van der Waals surface area contributed by atoms with Crippen LogP contribution in [-0.4, -0.2) is 26.5 Å². The molecular formula is C18H18FN5O. The maximum Gasteiger partial charge on any atom is 0.235 e. The van der Waals surface area contributed by atoms with E-state index in [2.05, 4.69) is 25.9 Å². The molecule has 1 aromatic heterocycles. The lowest BCUT2D eigenvalue weighted by Crippen LogP contribution is -2.24. The van der Waals surface area contributed by atoms with Crippen LogP contribution in [-0.2, 0) is 11.2 Å². The van der Waals surface area contributed by atoms with Crippen molar-refractivity contribution >= 4 is 11.6 Å². The number of hydrogen-bond donors (Lipinski definition) is 2. The number of aromatic amines is 1. The summed E-state index contributed by atoms with van der Waals surface area (Å²) in [5.74, 6) is -0.893. The molecule has 0 radical (unpaired) electrons. The molecule has 0 fully saturated rings. The third-order valence-corrected chi connectivity index (χ3v) is 3.99. The highest BCUT2D eigenvalue weighted by atomic mass is 19.1. The van der Waals surface area contributed by atoms with Crippen LogP contribution in [0.25, 0.3) is 0 Å². The summed E-state index contributed by atoms with van der Waals surface area (Å²) in [6.45, 7) is 3.89. The van der Waals surface area contributed by atoms with Gasteiger partial charge in [-0.25, -0.2) is 4.39 Å². The first kappa shape index (κ1) is 16.8. The van der Waals surface area contributed by atoms with Crippen LogP contribution in [0.1, 0.15) is 28.4 Å². The summed E-state index contributed by atoms with van der Waals surface area (Å²) in [5, 5.41) is 16.8. The molecule has 1 amide bonds. The highest BCUT2D eigenvalue weighted by Crippen LogP contribution is 2.22. The maximum atomic E-state index is 13.1. The van der Waals surface area contributed by atoms with E-state index in [1.807, 2.05) is 32.0 Å². The Morgan fingerprint density at radius 3 is 2.64 bits per heavy atom. The van der Waals surface area contributed by atoms with Gasteiger partial charge in [0.2, 0.25) is 5.91 Å². The Morgan fingerprint density at radius 1 is 1.20 bits per heavy atom. The maximum absolute atomic E-state index is 13.1. The van der Waals surface area contributed by atoms with Crippen LogP contribution in [0.3, 0.4) is 0 Å². The van der Waals surface area contributed by atoms with Gasteiger partial charge in [0.25, 0.3) is 0 Å². The Kier molecular flexibility index (Phi) is 4.83. The van der Waals surface area contributed by atoms with Gasteiger partial charge < -0.3 is 5.32 Å². The summed E-state index contributed by atoms with van der Waals surface area (Å²) < 4.78 is 13.1. The number of nitrogens with one attached hydrogen (secondary N) is 2. The van der Waals surface area contributed by atoms with Gasteiger partial charge in [0.05, 0.1) is 0 Å². The second kappa shape index (κ2) is 7.21. The molecule has 0 aliphatic rings. The Hall–Kier alpha value is -3.09. The first-order valence-corrected chi connectivity index (χ1v) is 7.89. The minimum atomic E-state index is -0.635. The number of aromatic nitrogens is 4. The third-order valence-electron chi connectivity index (χ3n) is 3.99. The van der Waals surface area contributed by atoms with Crippen molar-refractivity contribution in [1.82, 2.24) is 20.6 Å². The van der Waals surface area contributed by atoms with Gasteiger partial charge in [0, 0.05) is 5.69 Å². The largest absolute Gasteiger partial charge is 0.325 e. The molecule has 0 spiro atoms. The van der Waals surface area contributed by atoms with Gasteiger partial charge in [0.1, 0.15) is 11.7 Å². The fourth-order valence-electron chi connectivity index (χ4n) is 2.56. The van der Waals surface area contributed by atoms with Crippen molar-refractivity contribution in [2.75, 3.05) is 5.32 Å². The molecule has 1 atom stereocenters. The number of H-pyrrole nitrogens is 1. The molecule has 6 nitrogen and oxygen atoms in total. The van der Waals surface area contributed by atoms with Gasteiger partial charge in [-0.1, -0.05) is 29.5 Å². The second-order valence-electron chi connectivity index (χ2n) is 5.96. The van der Waals surface area contributed by atoms with Gasteiger partial charge in [-0.15, -0.1) is 10.2 Å². The predicted molar refractivity (Wildman–Crippen MR) is 91.6 cm³/mol. The van der Waals surface area contributed by atoms with E-state index in [1.165, 1.54) is 12.1 Å². The van der Waals surface area contributed by atoms with E-state index in [1.54, 1.807) is 12.1 Å². The Morgan fingerprint density at radius 2 is 1.96 bits per heavy atom. The molecule has 7 heteroatoms. The molecule has 3 aromatic rings. The van der Waals surface area contributed by atoms with Crippen molar-refractivity contribution < 1.29 is 9.18 Å². The number of anilines is 1. The van der Waals surface area contributed by atoms with Crippen LogP contribution in [0.5, 0.6) is 0 Å². The van der Waals surface area contributed by atoms with Crippen molar-refractivity contribution in [1.29, 1.82) is 0 Å². The number of rotatable bonds is 5. The number of halogens is 1. The van der Waals surface area contributed by atoms with Crippen molar-refractivity contribution in [2.45, 2.75) is 26.2 Å². The number of nitrogens with zero attached hydrogens (tertiary/aromatic N) is 3. The number of amides is 1. The van der Waals surface area contributed by atoms with Crippen molar-refractivity contribution in [3.8, 4) is 0 Å². The van der Waals surface area contributed by atoms with Crippen molar-refractivity contribution in [2.24, 2.45) is 0 Å². The molecule has 0 aliphatic carbocycles. The molecule has 0 aliphatic heterocycles. The predicted octanol–water partition coefficient (Wildman–Crippen LogP) is 2.92. The molecule has 3 rings (SSSR count). The van der Waals surface area contributed by atoms with E-state index < -0.39 is 5.92 Å². The van der Waals surface area contributed by atoms with Crippen molar-refractivity contribution in [3.63, 3.8) is 0 Å². The second-order valence-corrected chi connectivity index (χ2v) is 5.96. The van der Waals surface area contributed by atoms with Gasteiger partial charge in [-0.05, 0) is 55.2 Å². The van der Waals surface area contributed by atoms with Crippen LogP contribution in [0.2, 0.25) is 0 Å². The highest BCUT2D eigenvalue weighted by Gasteiger charge is 2.25. The van der Waals surface area contributed by atoms with E-state index >= 15 is 0 Å². The molecule has 0 unspecified atom stereocenters. The van der Waals surface area contributed by atoms with E-state index in [0.29, 0.717) is 12.2 Å². The van der Waals surface area contributed by atoms with E-state index in [0.717, 1.165) is 22.4 Å². The van der Waals surface area contributed by atoms with Crippen LogP contribution in [0.15, 0.2) is 42.5 Å². The summed E-state index contributed by atoms with van der Waals surface area (Å²) in [4.78, 5) is 12.8. The summed E-state index contributed by atoms with van der Waals surface area (Å²) in [7, 11) is 0. The summed E-state index contributed by atoms with van der Waals surface area (Å²) >= 11 is 0. The third kappa shape index (κ3) is 4.06. The lowest BCUT2D eigenvalue weighted by atomic mass is 9.97. The molecule has 0 saturated carbocycles. The number of benzene rings is 2. The first-order chi connectivity index (χ1) is 12.0. The van der Waals surface area contributed by atoms with Gasteiger partial charge >= 0.3 is 0 Å². The molecule has 0 saturated heterocycles. The van der Waals surface area contributed by atoms with Crippen LogP contribution in [0, 0.1) is 19.7 Å². The number of hydrogen-bond acceptors (Lipinski definition) is 4. The zero-order chi connectivity index (χ0) is 17.8. The standard InChI is InChI=1S/C18H18FN5O/c1-11-3-4-12(2)16(9-11)20-18(25)15(17-21-23-24-22-17)10-13-5-7-14(19)8-6-13/h3-9,15H,10H2,1-2H3,(H,20,25)(H,21,22,23,24)/t15-/m0/s1. The lowest BCUT2D eigenvalue weighted by Gasteiger charge is -2.15. The van der Waals surface area contributed by atoms with Crippen LogP contribution < -0.4 is 5.32 Å². The quantitative estimate of drug-likeness (QED) is 0.749. The van der Waals surface area contributed by atoms with E-state index in [9.17, 15) is 9.18 Å². The highest BCUT2D eigenvalue weighted by molar-refractivity contribution is 5.96. The number of carbonyl (C=O) groups is 1. The zero-order valence-corrected chi connectivity index (χ0v) is 14.0. The number of aryl methyl sites for hydroxylation is 2. The average molecular weight is 339 g/mol. The fourth-order valence-corrected chi connectivity index (χ4v) is 2.56. The monoisotopic (exact) mass is 339 g/mol. The summed E-state index contributed by atoms with van der Waals surface area (Å²) in [6, 6.07) is 11.9. The molecule has 2 N–H and O–H groups in total. The van der Waals surface area contributed by atoms with Gasteiger partial charge in [0.15, 0.2) is 5.82 Å². The normalized spacial score (nSPS) is 12.0. The van der Waals surface area contributed by atoms with Crippen LogP contribution in [0.4, 0.5) is 10.1 Å². The minimum Gasteiger partial charge on any atom is -0.325 e. The zero-order valence-electron chi connectivity index (χ0n) is 14.0. The smallest absolute Gasteiger partial charge is 0.235 e. The SMILES string of the molecule is Cc1ccc(C)c(NC(=O)[C@@H](Cc2ccc(F)cc2)c2nn[nH]n2)c1. The lowest BCUT2D eigenvalue weighted by molar-refractivity contribution is -0.117. The van der Waals surface area contributed by atoms with Gasteiger partial charge in [-0.2, -0.15) is 5.21 Å². The van der Waals surface area contributed by atoms with Gasteiger partial charge in [-0.3, -0.25) is 4.79 Å². The summed E-state index contributed by atoms with van der Waals surface area (Å²) in [6.07, 6.45) is 0.344. The van der Waals surface area contributed by atoms with Crippen LogP contribution >= 0.6 is 0 Å². The molecule has 0 bridgehead atoms. The Labute approximate surface area is 144 Å². The fraction of sp³-hybridized carbons (Fsp3) is 0.222. The molecule has 128 valence electrons. The molecular weight excluding hydrogens is 321 g/mol. The van der Waals surface area contributed by atoms with E-state index in [4.69, 9.17) is 0 Å². The number of tetrazole rings is 1. The van der Waals surface area contributed by atoms with Crippen molar-refractivity contribution in [3.05, 3.63) is 70.8 Å². The number of carbonyl (C=O) groups excluding carboxylic acids is 1. The molecule has 25 heavy (non-hydrogen) atoms. The Balaban J connectivity index is 1.85. The average Bonchev–Trinajstić information content (AvgIpc) is 3.11. The molecule has 2 aromatic carbocycles.